The molecule has 0 aliphatic carbocycles. The number of hydrogen-bond donors (Lipinski definition) is 1. The van der Waals surface area contributed by atoms with Gasteiger partial charge < -0.3 is 19.3 Å². The number of rotatable bonds is 11. The van der Waals surface area contributed by atoms with Crippen molar-refractivity contribution in [2.24, 2.45) is 0 Å². The van der Waals surface area contributed by atoms with Crippen LogP contribution in [0.3, 0.4) is 0 Å². The first kappa shape index (κ1) is 23.4. The van der Waals surface area contributed by atoms with E-state index in [2.05, 4.69) is 45.7 Å². The van der Waals surface area contributed by atoms with Gasteiger partial charge in [-0.3, -0.25) is 0 Å². The summed E-state index contributed by atoms with van der Waals surface area (Å²) in [6, 6.07) is 0.114. The molecule has 1 rings (SSSR count). The molecule has 6 heteroatoms. The van der Waals surface area contributed by atoms with Crippen molar-refractivity contribution >= 4 is 14.4 Å². The predicted octanol–water partition coefficient (Wildman–Crippen LogP) is 5.03. The molecule has 0 radical (unpaired) electrons. The van der Waals surface area contributed by atoms with E-state index in [0.717, 1.165) is 51.9 Å². The van der Waals surface area contributed by atoms with Crippen LogP contribution in [0.5, 0.6) is 0 Å². The van der Waals surface area contributed by atoms with Gasteiger partial charge in [-0.15, -0.1) is 0 Å². The molecule has 1 saturated heterocycles. The van der Waals surface area contributed by atoms with E-state index in [1.165, 1.54) is 12.8 Å². The Bertz CT molecular complexity index is 418. The van der Waals surface area contributed by atoms with Crippen LogP contribution in [0.15, 0.2) is 0 Å². The summed E-state index contributed by atoms with van der Waals surface area (Å²) in [7, 11) is -1.71. The van der Waals surface area contributed by atoms with Gasteiger partial charge in [0.2, 0.25) is 0 Å². The molecule has 1 amide bonds. The third kappa shape index (κ3) is 7.57. The van der Waals surface area contributed by atoms with Crippen LogP contribution >= 0.6 is 0 Å². The van der Waals surface area contributed by atoms with Crippen LogP contribution in [0.1, 0.15) is 66.2 Å². The summed E-state index contributed by atoms with van der Waals surface area (Å²) in [4.78, 5) is 15.9. The Hall–Kier alpha value is -0.593. The molecule has 1 aliphatic rings. The number of carbonyl (C=O) groups is 1. The normalized spacial score (nSPS) is 17.5. The van der Waals surface area contributed by atoms with Gasteiger partial charge in [0.25, 0.3) is 0 Å². The number of nitrogens with zero attached hydrogens (tertiary/aromatic N) is 2. The minimum Gasteiger partial charge on any atom is -0.465 e. The van der Waals surface area contributed by atoms with Crippen molar-refractivity contribution in [3.8, 4) is 0 Å². The van der Waals surface area contributed by atoms with Crippen molar-refractivity contribution in [3.63, 3.8) is 0 Å². The van der Waals surface area contributed by atoms with Crippen LogP contribution in [0.4, 0.5) is 4.79 Å². The molecule has 0 aromatic rings. The van der Waals surface area contributed by atoms with Gasteiger partial charge in [-0.05, 0) is 63.3 Å². The zero-order valence-corrected chi connectivity index (χ0v) is 19.0. The Morgan fingerprint density at radius 1 is 1.23 bits per heavy atom. The molecule has 5 nitrogen and oxygen atoms in total. The summed E-state index contributed by atoms with van der Waals surface area (Å²) >= 11 is 0. The van der Waals surface area contributed by atoms with Gasteiger partial charge in [0.15, 0.2) is 8.32 Å². The van der Waals surface area contributed by atoms with E-state index in [1.54, 1.807) is 4.90 Å². The van der Waals surface area contributed by atoms with Crippen molar-refractivity contribution < 1.29 is 14.3 Å². The summed E-state index contributed by atoms with van der Waals surface area (Å²) in [5.41, 5.74) is 0. The van der Waals surface area contributed by atoms with Crippen molar-refractivity contribution in [1.29, 1.82) is 0 Å². The first-order chi connectivity index (χ1) is 12.1. The lowest BCUT2D eigenvalue weighted by Gasteiger charge is -2.36. The highest BCUT2D eigenvalue weighted by atomic mass is 28.4. The van der Waals surface area contributed by atoms with E-state index in [1.807, 2.05) is 0 Å². The smallest absolute Gasteiger partial charge is 0.407 e. The Morgan fingerprint density at radius 2 is 1.85 bits per heavy atom. The SMILES string of the molecule is CCCC(CCCO[Si](C)(C)C(C)(C)C)N(CCN1CCCC1)C(=O)O. The fourth-order valence-electron chi connectivity index (χ4n) is 3.34. The van der Waals surface area contributed by atoms with Gasteiger partial charge in [-0.1, -0.05) is 34.1 Å². The highest BCUT2D eigenvalue weighted by Crippen LogP contribution is 2.36. The number of amides is 1. The van der Waals surface area contributed by atoms with Gasteiger partial charge in [0, 0.05) is 25.7 Å². The fraction of sp³-hybridized carbons (Fsp3) is 0.950. The zero-order valence-electron chi connectivity index (χ0n) is 18.0. The largest absolute Gasteiger partial charge is 0.465 e. The van der Waals surface area contributed by atoms with Crippen LogP contribution < -0.4 is 0 Å². The second-order valence-electron chi connectivity index (χ2n) is 9.22. The molecule has 0 spiro atoms. The van der Waals surface area contributed by atoms with Crippen LogP contribution in [0.2, 0.25) is 18.1 Å². The fourth-order valence-corrected chi connectivity index (χ4v) is 4.43. The van der Waals surface area contributed by atoms with Crippen LogP contribution in [-0.2, 0) is 4.43 Å². The molecule has 26 heavy (non-hydrogen) atoms. The number of likely N-dealkylation sites (tertiary alicyclic amines) is 1. The molecule has 1 heterocycles. The Morgan fingerprint density at radius 3 is 2.35 bits per heavy atom. The van der Waals surface area contributed by atoms with E-state index in [4.69, 9.17) is 4.43 Å². The van der Waals surface area contributed by atoms with Crippen molar-refractivity contribution in [3.05, 3.63) is 0 Å². The maximum Gasteiger partial charge on any atom is 0.407 e. The van der Waals surface area contributed by atoms with Gasteiger partial charge in [0.1, 0.15) is 0 Å². The molecule has 1 N–H and O–H groups in total. The van der Waals surface area contributed by atoms with Crippen LogP contribution in [0, 0.1) is 0 Å². The van der Waals surface area contributed by atoms with Gasteiger partial charge in [-0.25, -0.2) is 4.79 Å². The standard InChI is InChI=1S/C20H42N2O3Si/c1-7-11-18(12-10-17-25-26(5,6)20(2,3)4)22(19(23)24)16-15-21-13-8-9-14-21/h18H,7-17H2,1-6H3,(H,23,24). The maximum atomic E-state index is 11.8. The van der Waals surface area contributed by atoms with Crippen LogP contribution in [-0.4, -0.2) is 68.1 Å². The monoisotopic (exact) mass is 386 g/mol. The Balaban J connectivity index is 2.51. The average Bonchev–Trinajstić information content (AvgIpc) is 3.03. The van der Waals surface area contributed by atoms with Crippen molar-refractivity contribution in [1.82, 2.24) is 9.80 Å². The minimum atomic E-state index is -1.71. The van der Waals surface area contributed by atoms with Crippen molar-refractivity contribution in [2.45, 2.75) is 90.4 Å². The van der Waals surface area contributed by atoms with E-state index in [9.17, 15) is 9.90 Å². The summed E-state index contributed by atoms with van der Waals surface area (Å²) in [6.45, 7) is 17.9. The third-order valence-electron chi connectivity index (χ3n) is 6.11. The molecular weight excluding hydrogens is 344 g/mol. The van der Waals surface area contributed by atoms with Gasteiger partial charge in [-0.2, -0.15) is 0 Å². The molecule has 154 valence electrons. The zero-order chi connectivity index (χ0) is 19.8. The van der Waals surface area contributed by atoms with E-state index in [0.29, 0.717) is 6.54 Å². The molecule has 1 aliphatic heterocycles. The van der Waals surface area contributed by atoms with Crippen molar-refractivity contribution in [2.75, 3.05) is 32.8 Å². The number of carboxylic acid groups (broad SMARTS) is 1. The quantitative estimate of drug-likeness (QED) is 0.399. The van der Waals surface area contributed by atoms with E-state index < -0.39 is 14.4 Å². The molecule has 0 saturated carbocycles. The molecule has 0 aromatic carbocycles. The highest BCUT2D eigenvalue weighted by Gasteiger charge is 2.37. The first-order valence-corrected chi connectivity index (χ1v) is 13.3. The number of hydrogen-bond acceptors (Lipinski definition) is 3. The summed E-state index contributed by atoms with van der Waals surface area (Å²) in [5.74, 6) is 0. The lowest BCUT2D eigenvalue weighted by Crippen LogP contribution is -2.44. The third-order valence-corrected chi connectivity index (χ3v) is 10.7. The summed E-state index contributed by atoms with van der Waals surface area (Å²) < 4.78 is 6.27. The van der Waals surface area contributed by atoms with E-state index in [-0.39, 0.29) is 11.1 Å². The minimum absolute atomic E-state index is 0.114. The summed E-state index contributed by atoms with van der Waals surface area (Å²) in [6.07, 6.45) is 5.51. The van der Waals surface area contributed by atoms with Gasteiger partial charge in [0.05, 0.1) is 0 Å². The van der Waals surface area contributed by atoms with E-state index >= 15 is 0 Å². The highest BCUT2D eigenvalue weighted by molar-refractivity contribution is 6.74. The molecule has 1 fully saturated rings. The van der Waals surface area contributed by atoms with Crippen LogP contribution in [0.25, 0.3) is 0 Å². The Labute approximate surface area is 162 Å². The lowest BCUT2D eigenvalue weighted by atomic mass is 10.0. The predicted molar refractivity (Wildman–Crippen MR) is 111 cm³/mol. The second kappa shape index (κ2) is 10.7. The molecule has 0 bridgehead atoms. The first-order valence-electron chi connectivity index (χ1n) is 10.4. The topological polar surface area (TPSA) is 53.0 Å². The average molecular weight is 387 g/mol. The molecular formula is C20H42N2O3Si. The second-order valence-corrected chi connectivity index (χ2v) is 14.0. The van der Waals surface area contributed by atoms with Gasteiger partial charge >= 0.3 is 6.09 Å². The maximum absolute atomic E-state index is 11.8. The molecule has 0 aromatic heterocycles. The molecule has 1 atom stereocenters. The summed E-state index contributed by atoms with van der Waals surface area (Å²) in [5, 5.41) is 9.94. The Kier molecular flexibility index (Phi) is 9.62. The lowest BCUT2D eigenvalue weighted by molar-refractivity contribution is 0.108. The molecule has 1 unspecified atom stereocenters.